The molecule has 0 bridgehead atoms. The Morgan fingerprint density at radius 2 is 2.00 bits per heavy atom. The number of ether oxygens (including phenoxy) is 1. The molecule has 1 rings (SSSR count). The van der Waals surface area contributed by atoms with E-state index < -0.39 is 8.32 Å². The summed E-state index contributed by atoms with van der Waals surface area (Å²) in [6.07, 6.45) is 6.08. The second-order valence-electron chi connectivity index (χ2n) is 3.84. The van der Waals surface area contributed by atoms with Gasteiger partial charge in [0.1, 0.15) is 5.76 Å². The van der Waals surface area contributed by atoms with E-state index in [1.165, 1.54) is 0 Å². The Kier molecular flexibility index (Phi) is 2.75. The summed E-state index contributed by atoms with van der Waals surface area (Å²) in [5.41, 5.74) is 0. The molecule has 2 nitrogen and oxygen atoms in total. The standard InChI is InChI=1S/C9H16O2Si/c1-10-8-5-6-9(7-8)11-12(2,3)4/h5-8H,1-4H3. The summed E-state index contributed by atoms with van der Waals surface area (Å²) < 4.78 is 10.9. The number of hydrogen-bond donors (Lipinski definition) is 0. The summed E-state index contributed by atoms with van der Waals surface area (Å²) >= 11 is 0. The van der Waals surface area contributed by atoms with Crippen LogP contribution in [-0.2, 0) is 9.16 Å². The zero-order valence-electron chi connectivity index (χ0n) is 8.13. The zero-order valence-corrected chi connectivity index (χ0v) is 9.13. The van der Waals surface area contributed by atoms with Crippen molar-refractivity contribution >= 4 is 8.32 Å². The van der Waals surface area contributed by atoms with Crippen molar-refractivity contribution in [2.45, 2.75) is 25.7 Å². The molecule has 3 heteroatoms. The van der Waals surface area contributed by atoms with E-state index in [4.69, 9.17) is 9.16 Å². The SMILES string of the molecule is COC1C=CC(O[Si](C)(C)C)=C1. The highest BCUT2D eigenvalue weighted by molar-refractivity contribution is 6.70. The molecule has 0 N–H and O–H groups in total. The second kappa shape index (κ2) is 3.45. The van der Waals surface area contributed by atoms with Gasteiger partial charge in [0, 0.05) is 7.11 Å². The molecule has 1 unspecified atom stereocenters. The summed E-state index contributed by atoms with van der Waals surface area (Å²) in [5, 5.41) is 0. The number of rotatable bonds is 3. The number of methoxy groups -OCH3 is 1. The molecular formula is C9H16O2Si. The first kappa shape index (κ1) is 9.54. The molecule has 0 radical (unpaired) electrons. The van der Waals surface area contributed by atoms with Crippen molar-refractivity contribution in [2.24, 2.45) is 0 Å². The minimum atomic E-state index is -1.44. The maximum absolute atomic E-state index is 5.76. The first-order valence-electron chi connectivity index (χ1n) is 4.13. The lowest BCUT2D eigenvalue weighted by atomic mass is 10.4. The molecule has 0 heterocycles. The first-order chi connectivity index (χ1) is 5.51. The molecule has 0 aliphatic heterocycles. The van der Waals surface area contributed by atoms with Gasteiger partial charge in [0.2, 0.25) is 8.32 Å². The van der Waals surface area contributed by atoms with Crippen LogP contribution in [0.15, 0.2) is 24.0 Å². The van der Waals surface area contributed by atoms with Crippen LogP contribution in [0.2, 0.25) is 19.6 Å². The lowest BCUT2D eigenvalue weighted by molar-refractivity contribution is 0.178. The maximum atomic E-state index is 5.76. The van der Waals surface area contributed by atoms with Gasteiger partial charge in [-0.25, -0.2) is 0 Å². The van der Waals surface area contributed by atoms with Gasteiger partial charge in [0.25, 0.3) is 0 Å². The average Bonchev–Trinajstić information content (AvgIpc) is 2.32. The minimum Gasteiger partial charge on any atom is -0.544 e. The van der Waals surface area contributed by atoms with Gasteiger partial charge in [-0.15, -0.1) is 0 Å². The number of hydrogen-bond acceptors (Lipinski definition) is 2. The van der Waals surface area contributed by atoms with E-state index in [0.717, 1.165) is 5.76 Å². The van der Waals surface area contributed by atoms with Crippen molar-refractivity contribution < 1.29 is 9.16 Å². The van der Waals surface area contributed by atoms with Crippen LogP contribution in [0, 0.1) is 0 Å². The van der Waals surface area contributed by atoms with Crippen molar-refractivity contribution in [1.29, 1.82) is 0 Å². The van der Waals surface area contributed by atoms with Gasteiger partial charge in [-0.2, -0.15) is 0 Å². The van der Waals surface area contributed by atoms with Gasteiger partial charge >= 0.3 is 0 Å². The summed E-state index contributed by atoms with van der Waals surface area (Å²) in [4.78, 5) is 0. The quantitative estimate of drug-likeness (QED) is 0.627. The molecular weight excluding hydrogens is 168 g/mol. The van der Waals surface area contributed by atoms with Crippen LogP contribution >= 0.6 is 0 Å². The maximum Gasteiger partial charge on any atom is 0.242 e. The van der Waals surface area contributed by atoms with Crippen LogP contribution in [0.1, 0.15) is 0 Å². The lowest BCUT2D eigenvalue weighted by Crippen LogP contribution is -2.24. The molecule has 1 aliphatic carbocycles. The highest BCUT2D eigenvalue weighted by Crippen LogP contribution is 2.18. The molecule has 0 amide bonds. The topological polar surface area (TPSA) is 18.5 Å². The minimum absolute atomic E-state index is 0.108. The average molecular weight is 184 g/mol. The summed E-state index contributed by atoms with van der Waals surface area (Å²) in [7, 11) is 0.258. The van der Waals surface area contributed by atoms with Crippen molar-refractivity contribution in [3.8, 4) is 0 Å². The van der Waals surface area contributed by atoms with Crippen molar-refractivity contribution in [1.82, 2.24) is 0 Å². The van der Waals surface area contributed by atoms with Crippen LogP contribution in [0.3, 0.4) is 0 Å². The van der Waals surface area contributed by atoms with E-state index in [-0.39, 0.29) is 6.10 Å². The third-order valence-corrected chi connectivity index (χ3v) is 2.32. The molecule has 0 aromatic carbocycles. The molecule has 0 saturated heterocycles. The Bertz CT molecular complexity index is 213. The van der Waals surface area contributed by atoms with Crippen LogP contribution in [0.5, 0.6) is 0 Å². The Balaban J connectivity index is 2.52. The Morgan fingerprint density at radius 1 is 1.33 bits per heavy atom. The first-order valence-corrected chi connectivity index (χ1v) is 7.54. The molecule has 0 saturated carbocycles. The molecule has 0 aromatic heterocycles. The number of allylic oxidation sites excluding steroid dienone is 1. The zero-order chi connectivity index (χ0) is 9.19. The normalized spacial score (nSPS) is 22.7. The largest absolute Gasteiger partial charge is 0.544 e. The Labute approximate surface area is 75.0 Å². The Hall–Kier alpha value is -0.543. The third-order valence-electron chi connectivity index (χ3n) is 1.47. The van der Waals surface area contributed by atoms with Gasteiger partial charge in [-0.1, -0.05) is 0 Å². The van der Waals surface area contributed by atoms with E-state index in [2.05, 4.69) is 19.6 Å². The van der Waals surface area contributed by atoms with Gasteiger partial charge in [0.05, 0.1) is 6.10 Å². The van der Waals surface area contributed by atoms with Crippen molar-refractivity contribution in [3.63, 3.8) is 0 Å². The smallest absolute Gasteiger partial charge is 0.242 e. The summed E-state index contributed by atoms with van der Waals surface area (Å²) in [6.45, 7) is 6.51. The fourth-order valence-corrected chi connectivity index (χ4v) is 1.87. The van der Waals surface area contributed by atoms with E-state index >= 15 is 0 Å². The predicted octanol–water partition coefficient (Wildman–Crippen LogP) is 2.31. The highest BCUT2D eigenvalue weighted by atomic mass is 28.4. The van der Waals surface area contributed by atoms with Crippen molar-refractivity contribution in [2.75, 3.05) is 7.11 Å². The van der Waals surface area contributed by atoms with Crippen LogP contribution in [0.25, 0.3) is 0 Å². The molecule has 0 fully saturated rings. The van der Waals surface area contributed by atoms with Gasteiger partial charge in [-0.3, -0.25) is 0 Å². The molecule has 0 spiro atoms. The Morgan fingerprint density at radius 3 is 2.42 bits per heavy atom. The van der Waals surface area contributed by atoms with Crippen LogP contribution < -0.4 is 0 Å². The van der Waals surface area contributed by atoms with Crippen LogP contribution in [0.4, 0.5) is 0 Å². The van der Waals surface area contributed by atoms with Gasteiger partial charge in [-0.05, 0) is 37.9 Å². The highest BCUT2D eigenvalue weighted by Gasteiger charge is 2.19. The van der Waals surface area contributed by atoms with Crippen molar-refractivity contribution in [3.05, 3.63) is 24.0 Å². The molecule has 1 aliphatic rings. The van der Waals surface area contributed by atoms with E-state index in [9.17, 15) is 0 Å². The van der Waals surface area contributed by atoms with Gasteiger partial charge in [0.15, 0.2) is 0 Å². The monoisotopic (exact) mass is 184 g/mol. The molecule has 0 aromatic rings. The van der Waals surface area contributed by atoms with E-state index in [1.807, 2.05) is 18.2 Å². The second-order valence-corrected chi connectivity index (χ2v) is 8.27. The van der Waals surface area contributed by atoms with E-state index in [1.54, 1.807) is 7.11 Å². The third kappa shape index (κ3) is 2.83. The van der Waals surface area contributed by atoms with Gasteiger partial charge < -0.3 is 9.16 Å². The molecule has 68 valence electrons. The molecule has 1 atom stereocenters. The predicted molar refractivity (Wildman–Crippen MR) is 52.5 cm³/mol. The van der Waals surface area contributed by atoms with Crippen LogP contribution in [-0.4, -0.2) is 21.5 Å². The summed E-state index contributed by atoms with van der Waals surface area (Å²) in [6, 6.07) is 0. The summed E-state index contributed by atoms with van der Waals surface area (Å²) in [5.74, 6) is 0.959. The molecule has 12 heavy (non-hydrogen) atoms. The lowest BCUT2D eigenvalue weighted by Gasteiger charge is -2.18. The fourth-order valence-electron chi connectivity index (χ4n) is 1.03. The fraction of sp³-hybridized carbons (Fsp3) is 0.556. The van der Waals surface area contributed by atoms with E-state index in [0.29, 0.717) is 0 Å².